The smallest absolute Gasteiger partial charge is 0.324 e. The number of aromatic nitrogens is 3. The third-order valence-electron chi connectivity index (χ3n) is 13.9. The number of amides is 5. The summed E-state index contributed by atoms with van der Waals surface area (Å²) in [4.78, 5) is 85.0. The molecule has 3 saturated heterocycles. The highest BCUT2D eigenvalue weighted by molar-refractivity contribution is 7.10. The highest BCUT2D eigenvalue weighted by Crippen LogP contribution is 2.41. The zero-order valence-electron chi connectivity index (χ0n) is 40.3. The minimum absolute atomic E-state index is 0.0215. The number of hydrazine groups is 1. The first kappa shape index (κ1) is 48.0. The molecule has 8 rings (SSSR count). The number of rotatable bonds is 9. The van der Waals surface area contributed by atoms with E-state index in [0.717, 1.165) is 57.5 Å². The van der Waals surface area contributed by atoms with Crippen LogP contribution < -0.4 is 16.1 Å². The first-order valence-corrected chi connectivity index (χ1v) is 24.4. The molecule has 67 heavy (non-hydrogen) atoms. The van der Waals surface area contributed by atoms with Crippen LogP contribution in [0.2, 0.25) is 0 Å². The Balaban J connectivity index is 1.12. The van der Waals surface area contributed by atoms with Gasteiger partial charge in [-0.1, -0.05) is 33.8 Å². The number of benzene rings is 1. The minimum atomic E-state index is -1.08. The monoisotopic (exact) mass is 938 g/mol. The Hall–Kier alpha value is -5.43. The van der Waals surface area contributed by atoms with Crippen LogP contribution in [0.5, 0.6) is 0 Å². The number of ether oxygens (including phenoxy) is 2. The molecule has 5 amide bonds. The van der Waals surface area contributed by atoms with Gasteiger partial charge in [-0.25, -0.2) is 15.2 Å². The summed E-state index contributed by atoms with van der Waals surface area (Å²) >= 11 is 1.41. The molecule has 3 N–H and O–H groups in total. The third-order valence-corrected chi connectivity index (χ3v) is 14.7. The number of hydrogen-bond acceptors (Lipinski definition) is 12. The van der Waals surface area contributed by atoms with E-state index in [-0.39, 0.29) is 49.1 Å². The standard InChI is InChI=1S/C49H66N10O7S/c1-28(2)42(57(8)48(64)58-19-11-13-31(25-58)55(6)45(61)37-24-51-37)44(60)53-36-22-40-52-38(26-67-40)30-16-17-39-33(21-30)34(43(56(39)7)32-14-10-18-50-41(32)29(3)65-9)23-49(4,5)27-66-47(63)35-15-12-20-59(54-35)46(36)62/h10,14,16-18,21,26,28-29,31,35-37,42,51,54H,11-13,15,19-20,22-25,27H2,1-9H3,(H,53,60)/t29-,31-,35-,36-,37-,42-/m0/s1. The van der Waals surface area contributed by atoms with Crippen LogP contribution in [0.3, 0.4) is 0 Å². The fraction of sp³-hybridized carbons (Fsp3) is 0.571. The van der Waals surface area contributed by atoms with Crippen LogP contribution in [0, 0.1) is 11.3 Å². The van der Waals surface area contributed by atoms with Gasteiger partial charge in [-0.2, -0.15) is 0 Å². The highest BCUT2D eigenvalue weighted by Gasteiger charge is 2.41. The molecule has 0 radical (unpaired) electrons. The van der Waals surface area contributed by atoms with Crippen LogP contribution in [0.25, 0.3) is 33.4 Å². The summed E-state index contributed by atoms with van der Waals surface area (Å²) in [5, 5.41) is 11.2. The molecule has 3 aromatic heterocycles. The maximum Gasteiger partial charge on any atom is 0.324 e. The van der Waals surface area contributed by atoms with E-state index in [9.17, 15) is 24.0 Å². The summed E-state index contributed by atoms with van der Waals surface area (Å²) in [5.74, 6) is -1.65. The van der Waals surface area contributed by atoms with Gasteiger partial charge in [0, 0.05) is 106 Å². The van der Waals surface area contributed by atoms with Gasteiger partial charge in [-0.15, -0.1) is 11.3 Å². The van der Waals surface area contributed by atoms with Gasteiger partial charge in [0.1, 0.15) is 18.1 Å². The molecule has 7 heterocycles. The number of likely N-dealkylation sites (N-methyl/N-ethyl adjacent to an activating group) is 2. The molecule has 6 bridgehead atoms. The van der Waals surface area contributed by atoms with Crippen molar-refractivity contribution in [1.29, 1.82) is 0 Å². The number of nitrogens with one attached hydrogen (secondary N) is 3. The normalized spacial score (nSPS) is 23.0. The van der Waals surface area contributed by atoms with Gasteiger partial charge in [-0.05, 0) is 74.8 Å². The van der Waals surface area contributed by atoms with E-state index in [1.54, 1.807) is 37.2 Å². The topological polar surface area (TPSA) is 193 Å². The number of pyridine rings is 1. The molecule has 0 unspecified atom stereocenters. The molecule has 17 nitrogen and oxygen atoms in total. The maximum absolute atomic E-state index is 14.7. The Morgan fingerprint density at radius 2 is 1.84 bits per heavy atom. The van der Waals surface area contributed by atoms with Crippen LogP contribution >= 0.6 is 11.3 Å². The summed E-state index contributed by atoms with van der Waals surface area (Å²) in [5.41, 5.74) is 9.16. The van der Waals surface area contributed by atoms with E-state index < -0.39 is 41.3 Å². The number of likely N-dealkylation sites (tertiary alicyclic amines) is 1. The van der Waals surface area contributed by atoms with Crippen LogP contribution in [0.1, 0.15) is 82.7 Å². The van der Waals surface area contributed by atoms with Gasteiger partial charge in [0.05, 0.1) is 40.8 Å². The lowest BCUT2D eigenvalue weighted by molar-refractivity contribution is -0.155. The minimum Gasteiger partial charge on any atom is -0.464 e. The van der Waals surface area contributed by atoms with Gasteiger partial charge >= 0.3 is 12.0 Å². The van der Waals surface area contributed by atoms with E-state index in [1.807, 2.05) is 32.2 Å². The molecule has 3 fully saturated rings. The van der Waals surface area contributed by atoms with E-state index in [0.29, 0.717) is 50.4 Å². The summed E-state index contributed by atoms with van der Waals surface area (Å²) in [6.07, 6.45) is 4.69. The molecular weight excluding hydrogens is 873 g/mol. The summed E-state index contributed by atoms with van der Waals surface area (Å²) in [6, 6.07) is 6.91. The second-order valence-corrected chi connectivity index (χ2v) is 20.8. The molecule has 0 aliphatic carbocycles. The Bertz CT molecular complexity index is 2520. The number of methoxy groups -OCH3 is 1. The molecule has 4 aliphatic rings. The fourth-order valence-corrected chi connectivity index (χ4v) is 10.8. The Labute approximate surface area is 396 Å². The number of carbonyl (C=O) groups is 5. The Morgan fingerprint density at radius 1 is 1.07 bits per heavy atom. The van der Waals surface area contributed by atoms with Crippen molar-refractivity contribution in [3.8, 4) is 22.5 Å². The van der Waals surface area contributed by atoms with E-state index >= 15 is 0 Å². The van der Waals surface area contributed by atoms with Crippen LogP contribution in [-0.4, -0.2) is 148 Å². The van der Waals surface area contributed by atoms with Crippen LogP contribution in [0.4, 0.5) is 4.79 Å². The SMILES string of the molecule is CO[C@@H](C)c1ncccc1-c1c2c3cc(ccc3n1C)-c1csc(n1)C[C@H](NC(=O)[C@H](C(C)C)N(C)C(=O)N1CCC[C@H](N(C)C(=O)[C@@H]3CN3)C1)C(=O)N1CCC[C@H](N1)C(=O)OCC(C)(C)C2. The number of fused-ring (bicyclic) bond motifs is 6. The fourth-order valence-electron chi connectivity index (χ4n) is 10.00. The van der Waals surface area contributed by atoms with E-state index in [1.165, 1.54) is 21.2 Å². The molecule has 0 saturated carbocycles. The van der Waals surface area contributed by atoms with Crippen molar-refractivity contribution in [3.63, 3.8) is 0 Å². The predicted molar refractivity (Wildman–Crippen MR) is 256 cm³/mol. The molecule has 18 heteroatoms. The zero-order chi connectivity index (χ0) is 47.9. The van der Waals surface area contributed by atoms with Crippen molar-refractivity contribution in [2.24, 2.45) is 18.4 Å². The largest absolute Gasteiger partial charge is 0.464 e. The quantitative estimate of drug-likeness (QED) is 0.156. The first-order valence-electron chi connectivity index (χ1n) is 23.6. The number of aryl methyl sites for hydroxylation is 1. The van der Waals surface area contributed by atoms with Crippen molar-refractivity contribution < 1.29 is 33.4 Å². The maximum atomic E-state index is 14.7. The molecule has 4 aliphatic heterocycles. The second kappa shape index (κ2) is 19.7. The average molecular weight is 939 g/mol. The van der Waals surface area contributed by atoms with Crippen molar-refractivity contribution in [1.82, 2.24) is 50.3 Å². The number of hydrogen-bond donors (Lipinski definition) is 3. The van der Waals surface area contributed by atoms with Crippen molar-refractivity contribution >= 4 is 52.0 Å². The van der Waals surface area contributed by atoms with Crippen molar-refractivity contribution in [2.75, 3.05) is 54.0 Å². The Morgan fingerprint density at radius 3 is 2.57 bits per heavy atom. The number of nitrogens with zero attached hydrogens (tertiary/aromatic N) is 7. The Kier molecular flexibility index (Phi) is 14.1. The van der Waals surface area contributed by atoms with Crippen molar-refractivity contribution in [3.05, 3.63) is 58.2 Å². The lowest BCUT2D eigenvalue weighted by Crippen LogP contribution is -2.63. The molecule has 360 valence electrons. The average Bonchev–Trinajstić information content (AvgIpc) is 4.02. The van der Waals surface area contributed by atoms with E-state index in [2.05, 4.69) is 65.8 Å². The van der Waals surface area contributed by atoms with Crippen LogP contribution in [-0.2, 0) is 48.5 Å². The molecule has 4 aromatic rings. The summed E-state index contributed by atoms with van der Waals surface area (Å²) < 4.78 is 14.1. The molecule has 1 aromatic carbocycles. The number of esters is 1. The number of urea groups is 1. The van der Waals surface area contributed by atoms with Gasteiger partial charge < -0.3 is 39.4 Å². The molecule has 0 spiro atoms. The van der Waals surface area contributed by atoms with Gasteiger partial charge in [0.25, 0.3) is 5.91 Å². The van der Waals surface area contributed by atoms with Gasteiger partial charge in [0.15, 0.2) is 0 Å². The zero-order valence-corrected chi connectivity index (χ0v) is 41.1. The number of cyclic esters (lactones) is 1. The molecule has 6 atom stereocenters. The second-order valence-electron chi connectivity index (χ2n) is 19.8. The lowest BCUT2D eigenvalue weighted by atomic mass is 9.84. The highest BCUT2D eigenvalue weighted by atomic mass is 32.1. The summed E-state index contributed by atoms with van der Waals surface area (Å²) in [7, 11) is 7.14. The van der Waals surface area contributed by atoms with Crippen molar-refractivity contribution in [2.45, 2.75) is 109 Å². The van der Waals surface area contributed by atoms with Crippen LogP contribution in [0.15, 0.2) is 41.9 Å². The van der Waals surface area contributed by atoms with E-state index in [4.69, 9.17) is 19.4 Å². The van der Waals surface area contributed by atoms with Gasteiger partial charge in [-0.3, -0.25) is 29.2 Å². The first-order chi connectivity index (χ1) is 32.0. The predicted octanol–water partition coefficient (Wildman–Crippen LogP) is 4.69. The number of carbonyl (C=O) groups excluding carboxylic acids is 5. The number of thiazole rings is 1. The number of piperidine rings is 1. The third kappa shape index (κ3) is 10.1. The molecular formula is C49H66N10O7S. The lowest BCUT2D eigenvalue weighted by Gasteiger charge is -2.41. The summed E-state index contributed by atoms with van der Waals surface area (Å²) in [6.45, 7) is 11.9. The van der Waals surface area contributed by atoms with Gasteiger partial charge in [0.2, 0.25) is 11.8 Å².